The van der Waals surface area contributed by atoms with Crippen LogP contribution in [-0.2, 0) is 11.4 Å². The second-order valence-electron chi connectivity index (χ2n) is 7.43. The lowest BCUT2D eigenvalue weighted by molar-refractivity contribution is -0.497. The highest BCUT2D eigenvalue weighted by Gasteiger charge is 2.22. The van der Waals surface area contributed by atoms with Crippen molar-refractivity contribution in [3.05, 3.63) is 65.9 Å². The van der Waals surface area contributed by atoms with Crippen molar-refractivity contribution < 1.29 is 29.9 Å². The van der Waals surface area contributed by atoms with Gasteiger partial charge in [0.2, 0.25) is 0 Å². The summed E-state index contributed by atoms with van der Waals surface area (Å²) >= 11 is 0. The lowest BCUT2D eigenvalue weighted by Gasteiger charge is -2.29. The lowest BCUT2D eigenvalue weighted by Crippen LogP contribution is -2.43. The summed E-state index contributed by atoms with van der Waals surface area (Å²) in [5.74, 6) is 0.447. The van der Waals surface area contributed by atoms with Gasteiger partial charge in [-0.05, 0) is 49.7 Å². The second-order valence-corrected chi connectivity index (χ2v) is 7.43. The van der Waals surface area contributed by atoms with Crippen molar-refractivity contribution in [2.45, 2.75) is 32.6 Å². The van der Waals surface area contributed by atoms with E-state index in [9.17, 15) is 9.90 Å². The molecular formula is C22H27N3O6. The monoisotopic (exact) mass is 429 g/mol. The molecule has 1 amide bonds. The summed E-state index contributed by atoms with van der Waals surface area (Å²) in [5.41, 5.74) is 2.06. The van der Waals surface area contributed by atoms with Crippen LogP contribution in [0.4, 0.5) is 0 Å². The number of ether oxygens (including phenoxy) is 1. The number of carbonyl (C=O) groups excluding carboxylic acids is 1. The van der Waals surface area contributed by atoms with Gasteiger partial charge in [-0.2, -0.15) is 0 Å². The number of rotatable bonds is 10. The molecule has 1 atom stereocenters. The third-order valence-electron chi connectivity index (χ3n) is 4.83. The van der Waals surface area contributed by atoms with Crippen molar-refractivity contribution in [2.75, 3.05) is 13.2 Å². The number of aromatic nitrogens is 1. The summed E-state index contributed by atoms with van der Waals surface area (Å²) in [6.45, 7) is 3.88. The molecule has 166 valence electrons. The van der Waals surface area contributed by atoms with Gasteiger partial charge in [0.1, 0.15) is 18.5 Å². The van der Waals surface area contributed by atoms with E-state index < -0.39 is 6.10 Å². The molecule has 0 bridgehead atoms. The molecule has 4 N–H and O–H groups in total. The zero-order valence-electron chi connectivity index (χ0n) is 17.4. The van der Waals surface area contributed by atoms with E-state index in [-0.39, 0.29) is 37.1 Å². The molecule has 9 nitrogen and oxygen atoms in total. The number of benzene rings is 2. The Kier molecular flexibility index (Phi) is 7.61. The van der Waals surface area contributed by atoms with E-state index in [1.165, 1.54) is 0 Å². The van der Waals surface area contributed by atoms with Crippen LogP contribution in [-0.4, -0.2) is 62.0 Å². The standard InChI is InChI=1S/C22H27N3O6/c1-15(2)24(22(27)17-8-6-16(7-9-17)13-31-25(28)29)12-18(26)14-30-21-5-3-4-20-19(21)10-11-23-20/h3-11,15,18,23,26,28-29H,12-14H2,1-2H3. The molecule has 0 aliphatic carbocycles. The van der Waals surface area contributed by atoms with Crippen molar-refractivity contribution in [3.8, 4) is 5.75 Å². The van der Waals surface area contributed by atoms with E-state index in [1.807, 2.05) is 44.3 Å². The molecule has 1 heterocycles. The Bertz CT molecular complexity index is 986. The molecule has 3 rings (SSSR count). The molecule has 9 heteroatoms. The molecule has 1 unspecified atom stereocenters. The molecule has 2 aromatic carbocycles. The number of fused-ring (bicyclic) bond motifs is 1. The maximum absolute atomic E-state index is 13.0. The third kappa shape index (κ3) is 6.03. The largest absolute Gasteiger partial charge is 0.490 e. The van der Waals surface area contributed by atoms with E-state index in [2.05, 4.69) is 9.82 Å². The predicted molar refractivity (Wildman–Crippen MR) is 113 cm³/mol. The number of hydrogen-bond donors (Lipinski definition) is 4. The van der Waals surface area contributed by atoms with Gasteiger partial charge in [0.05, 0.1) is 18.5 Å². The zero-order chi connectivity index (χ0) is 22.4. The van der Waals surface area contributed by atoms with Crippen molar-refractivity contribution in [1.82, 2.24) is 15.3 Å². The maximum Gasteiger partial charge on any atom is 0.254 e. The Hall–Kier alpha value is -2.95. The second kappa shape index (κ2) is 10.4. The fourth-order valence-corrected chi connectivity index (χ4v) is 3.22. The smallest absolute Gasteiger partial charge is 0.254 e. The van der Waals surface area contributed by atoms with Gasteiger partial charge in [-0.15, -0.1) is 0 Å². The van der Waals surface area contributed by atoms with Crippen LogP contribution in [0, 0.1) is 0 Å². The highest BCUT2D eigenvalue weighted by atomic mass is 17.1. The number of H-pyrrole nitrogens is 1. The molecule has 0 spiro atoms. The molecule has 0 aliphatic heterocycles. The molecular weight excluding hydrogens is 402 g/mol. The van der Waals surface area contributed by atoms with Gasteiger partial charge in [0, 0.05) is 28.7 Å². The van der Waals surface area contributed by atoms with Gasteiger partial charge in [-0.25, -0.2) is 4.84 Å². The van der Waals surface area contributed by atoms with E-state index in [1.54, 1.807) is 29.2 Å². The normalized spacial score (nSPS) is 12.5. The Balaban J connectivity index is 1.60. The maximum atomic E-state index is 13.0. The number of carbonyl (C=O) groups is 1. The molecule has 1 aromatic heterocycles. The van der Waals surface area contributed by atoms with Crippen molar-refractivity contribution in [2.24, 2.45) is 0 Å². The minimum Gasteiger partial charge on any atom is -0.490 e. The van der Waals surface area contributed by atoms with Crippen LogP contribution in [0.1, 0.15) is 29.8 Å². The molecule has 0 radical (unpaired) electrons. The van der Waals surface area contributed by atoms with Gasteiger partial charge in [0.15, 0.2) is 0 Å². The summed E-state index contributed by atoms with van der Waals surface area (Å²) in [7, 11) is 0. The van der Waals surface area contributed by atoms with E-state index in [4.69, 9.17) is 15.2 Å². The summed E-state index contributed by atoms with van der Waals surface area (Å²) in [5, 5.41) is 28.3. The Morgan fingerprint density at radius 3 is 2.52 bits per heavy atom. The topological polar surface area (TPSA) is 118 Å². The fourth-order valence-electron chi connectivity index (χ4n) is 3.22. The van der Waals surface area contributed by atoms with Gasteiger partial charge < -0.3 is 19.7 Å². The van der Waals surface area contributed by atoms with E-state index >= 15 is 0 Å². The van der Waals surface area contributed by atoms with Gasteiger partial charge in [-0.3, -0.25) is 15.2 Å². The fraction of sp³-hybridized carbons (Fsp3) is 0.318. The first-order chi connectivity index (χ1) is 14.8. The summed E-state index contributed by atoms with van der Waals surface area (Å²) in [6, 6.07) is 14.0. The lowest BCUT2D eigenvalue weighted by atomic mass is 10.1. The van der Waals surface area contributed by atoms with Crippen molar-refractivity contribution in [1.29, 1.82) is 0 Å². The molecule has 0 saturated heterocycles. The number of aliphatic hydroxyl groups excluding tert-OH is 1. The number of aromatic amines is 1. The van der Waals surface area contributed by atoms with Crippen LogP contribution in [0.2, 0.25) is 0 Å². The predicted octanol–water partition coefficient (Wildman–Crippen LogP) is 2.97. The first kappa shape index (κ1) is 22.7. The van der Waals surface area contributed by atoms with Crippen LogP contribution in [0.15, 0.2) is 54.7 Å². The minimum absolute atomic E-state index is 0.0515. The Labute approximate surface area is 179 Å². The molecule has 0 saturated carbocycles. The van der Waals surface area contributed by atoms with Crippen LogP contribution < -0.4 is 4.74 Å². The van der Waals surface area contributed by atoms with Gasteiger partial charge >= 0.3 is 0 Å². The highest BCUT2D eigenvalue weighted by Crippen LogP contribution is 2.24. The number of nitrogens with zero attached hydrogens (tertiary/aromatic N) is 2. The summed E-state index contributed by atoms with van der Waals surface area (Å²) in [4.78, 5) is 22.2. The SMILES string of the molecule is CC(C)N(CC(O)COc1cccc2[nH]ccc12)C(=O)c1ccc(CON(O)O)cc1. The summed E-state index contributed by atoms with van der Waals surface area (Å²) < 4.78 is 5.80. The van der Waals surface area contributed by atoms with Gasteiger partial charge in [-0.1, -0.05) is 18.2 Å². The number of hydrogen-bond acceptors (Lipinski definition) is 7. The highest BCUT2D eigenvalue weighted by molar-refractivity contribution is 5.94. The number of aliphatic hydroxyl groups is 1. The van der Waals surface area contributed by atoms with E-state index in [0.717, 1.165) is 10.9 Å². The van der Waals surface area contributed by atoms with Crippen molar-refractivity contribution in [3.63, 3.8) is 0 Å². The quantitative estimate of drug-likeness (QED) is 0.366. The number of nitrogens with one attached hydrogen (secondary N) is 1. The average Bonchev–Trinajstić information content (AvgIpc) is 3.23. The van der Waals surface area contributed by atoms with Crippen LogP contribution >= 0.6 is 0 Å². The Morgan fingerprint density at radius 2 is 1.84 bits per heavy atom. The van der Waals surface area contributed by atoms with Crippen LogP contribution in [0.3, 0.4) is 0 Å². The molecule has 0 aliphatic rings. The van der Waals surface area contributed by atoms with Gasteiger partial charge in [0.25, 0.3) is 5.91 Å². The third-order valence-corrected chi connectivity index (χ3v) is 4.83. The van der Waals surface area contributed by atoms with Crippen LogP contribution in [0.25, 0.3) is 10.9 Å². The Morgan fingerprint density at radius 1 is 1.10 bits per heavy atom. The first-order valence-corrected chi connectivity index (χ1v) is 9.93. The number of amides is 1. The summed E-state index contributed by atoms with van der Waals surface area (Å²) in [6.07, 6.45) is 0.960. The molecule has 3 aromatic rings. The zero-order valence-corrected chi connectivity index (χ0v) is 17.4. The van der Waals surface area contributed by atoms with Crippen LogP contribution in [0.5, 0.6) is 5.75 Å². The minimum atomic E-state index is -0.867. The molecule has 31 heavy (non-hydrogen) atoms. The molecule has 0 fully saturated rings. The van der Waals surface area contributed by atoms with E-state index in [0.29, 0.717) is 16.9 Å². The van der Waals surface area contributed by atoms with Crippen molar-refractivity contribution >= 4 is 16.8 Å². The first-order valence-electron chi connectivity index (χ1n) is 9.93. The average molecular weight is 429 g/mol.